The highest BCUT2D eigenvalue weighted by atomic mass is 32.2. The van der Waals surface area contributed by atoms with Crippen molar-refractivity contribution in [1.29, 1.82) is 0 Å². The van der Waals surface area contributed by atoms with E-state index in [1.165, 1.54) is 19.3 Å². The lowest BCUT2D eigenvalue weighted by Crippen LogP contribution is -2.64. The molecule has 8 nitrogen and oxygen atoms in total. The third kappa shape index (κ3) is 11.0. The minimum atomic E-state index is -0.864. The third-order valence-corrected chi connectivity index (χ3v) is 9.62. The van der Waals surface area contributed by atoms with Crippen LogP contribution in [0.3, 0.4) is 0 Å². The summed E-state index contributed by atoms with van der Waals surface area (Å²) in [5.41, 5.74) is 6.67. The zero-order chi connectivity index (χ0) is 33.5. The summed E-state index contributed by atoms with van der Waals surface area (Å²) in [5, 5.41) is 14.1. The summed E-state index contributed by atoms with van der Waals surface area (Å²) in [4.78, 5) is 39.9. The van der Waals surface area contributed by atoms with Gasteiger partial charge in [0, 0.05) is 35.8 Å². The highest BCUT2D eigenvalue weighted by molar-refractivity contribution is 7.99. The van der Waals surface area contributed by atoms with Crippen molar-refractivity contribution in [2.24, 2.45) is 0 Å². The summed E-state index contributed by atoms with van der Waals surface area (Å²) in [5.74, 6) is 0.169. The number of hydrogen-bond acceptors (Lipinski definition) is 6. The molecule has 0 aliphatic carbocycles. The Morgan fingerprint density at radius 3 is 1.91 bits per heavy atom. The van der Waals surface area contributed by atoms with Crippen LogP contribution in [-0.2, 0) is 31.8 Å². The molecule has 0 atom stereocenters. The van der Waals surface area contributed by atoms with Gasteiger partial charge in [0.25, 0.3) is 0 Å². The molecule has 0 aromatic heterocycles. The summed E-state index contributed by atoms with van der Waals surface area (Å²) in [6.07, 6.45) is 6.41. The molecular weight excluding hydrogens is 572 g/mol. The first-order chi connectivity index (χ1) is 20.2. The number of piperidine rings is 1. The van der Waals surface area contributed by atoms with Crippen molar-refractivity contribution in [3.63, 3.8) is 0 Å². The van der Waals surface area contributed by atoms with Gasteiger partial charge in [-0.3, -0.25) is 30.1 Å². The van der Waals surface area contributed by atoms with E-state index < -0.39 is 11.8 Å². The van der Waals surface area contributed by atoms with Gasteiger partial charge in [-0.25, -0.2) is 0 Å². The number of phenolic OH excluding ortho intramolecular Hbond substituents is 1. The second-order valence-electron chi connectivity index (χ2n) is 15.8. The maximum absolute atomic E-state index is 12.8. The van der Waals surface area contributed by atoms with Crippen molar-refractivity contribution >= 4 is 29.5 Å². The number of benzene rings is 1. The van der Waals surface area contributed by atoms with E-state index in [1.807, 2.05) is 0 Å². The average molecular weight is 633 g/mol. The highest BCUT2D eigenvalue weighted by Gasteiger charge is 2.46. The molecule has 9 heteroatoms. The molecule has 1 saturated heterocycles. The van der Waals surface area contributed by atoms with Crippen LogP contribution < -0.4 is 16.2 Å². The van der Waals surface area contributed by atoms with Crippen LogP contribution in [0, 0.1) is 0 Å². The van der Waals surface area contributed by atoms with Gasteiger partial charge in [0.2, 0.25) is 5.91 Å². The quantitative estimate of drug-likeness (QED) is 0.126. The lowest BCUT2D eigenvalue weighted by molar-refractivity contribution is -0.142. The minimum Gasteiger partial charge on any atom is -0.507 e. The van der Waals surface area contributed by atoms with Crippen LogP contribution >= 0.6 is 11.8 Å². The first kappa shape index (κ1) is 37.9. The first-order valence-corrected chi connectivity index (χ1v) is 17.5. The van der Waals surface area contributed by atoms with Crippen molar-refractivity contribution in [2.45, 2.75) is 156 Å². The SMILES string of the molecule is CCCCCCSCCC(=O)NNC(=O)C(=O)NC1CC(C)(C)N(Cc2cc(C(C)(C)C)c(O)c(C(C)(C)C)c2)C(C)(C)C1. The lowest BCUT2D eigenvalue weighted by atomic mass is 9.75. The summed E-state index contributed by atoms with van der Waals surface area (Å²) in [6, 6.07) is 4.06. The van der Waals surface area contributed by atoms with Gasteiger partial charge in [-0.1, -0.05) is 79.9 Å². The number of hydrazine groups is 1. The van der Waals surface area contributed by atoms with Gasteiger partial charge in [-0.05, 0) is 80.2 Å². The third-order valence-electron chi connectivity index (χ3n) is 8.55. The number of unbranched alkanes of at least 4 members (excludes halogenated alkanes) is 3. The number of carbonyl (C=O) groups excluding carboxylic acids is 3. The Bertz CT molecular complexity index is 1100. The average Bonchev–Trinajstić information content (AvgIpc) is 2.87. The number of aromatic hydroxyl groups is 1. The molecule has 1 heterocycles. The van der Waals surface area contributed by atoms with Crippen molar-refractivity contribution in [3.05, 3.63) is 28.8 Å². The fourth-order valence-corrected chi connectivity index (χ4v) is 7.30. The van der Waals surface area contributed by atoms with E-state index in [2.05, 4.69) is 109 Å². The van der Waals surface area contributed by atoms with Gasteiger partial charge < -0.3 is 10.4 Å². The Kier molecular flexibility index (Phi) is 13.2. The predicted octanol–water partition coefficient (Wildman–Crippen LogP) is 6.48. The first-order valence-electron chi connectivity index (χ1n) is 16.3. The molecule has 4 N–H and O–H groups in total. The van der Waals surface area contributed by atoms with Crippen LogP contribution in [0.5, 0.6) is 5.75 Å². The number of thioether (sulfide) groups is 1. The van der Waals surface area contributed by atoms with Crippen molar-refractivity contribution in [1.82, 2.24) is 21.1 Å². The Morgan fingerprint density at radius 2 is 1.41 bits per heavy atom. The number of carbonyl (C=O) groups is 3. The van der Waals surface area contributed by atoms with Gasteiger partial charge in [0.05, 0.1) is 0 Å². The summed E-state index contributed by atoms with van der Waals surface area (Å²) >= 11 is 1.73. The number of amides is 3. The van der Waals surface area contributed by atoms with E-state index in [1.54, 1.807) is 11.8 Å². The number of nitrogens with zero attached hydrogens (tertiary/aromatic N) is 1. The summed E-state index contributed by atoms with van der Waals surface area (Å²) < 4.78 is 0. The molecule has 1 aliphatic heterocycles. The standard InChI is InChI=1S/C35H60N4O4S/c1-12-13-14-15-17-44-18-16-28(40)37-38-31(43)30(42)36-25-21-34(8,9)39(35(10,11)22-25)23-24-19-26(32(2,3)4)29(41)27(20-24)33(5,6)7/h19-20,25,41H,12-18,21-23H2,1-11H3,(H,36,42)(H,37,40)(H,38,43). The van der Waals surface area contributed by atoms with Gasteiger partial charge in [-0.15, -0.1) is 0 Å². The highest BCUT2D eigenvalue weighted by Crippen LogP contribution is 2.43. The van der Waals surface area contributed by atoms with E-state index in [0.29, 0.717) is 30.9 Å². The van der Waals surface area contributed by atoms with Crippen LogP contribution in [0.25, 0.3) is 0 Å². The van der Waals surface area contributed by atoms with E-state index in [9.17, 15) is 19.5 Å². The molecule has 0 radical (unpaired) electrons. The van der Waals surface area contributed by atoms with Gasteiger partial charge in [0.1, 0.15) is 5.75 Å². The molecule has 0 spiro atoms. The number of rotatable bonds is 11. The molecule has 1 aromatic carbocycles. The minimum absolute atomic E-state index is 0.204. The number of likely N-dealkylation sites (tertiary alicyclic amines) is 1. The smallest absolute Gasteiger partial charge is 0.327 e. The number of nitrogens with one attached hydrogen (secondary N) is 3. The molecule has 0 bridgehead atoms. The van der Waals surface area contributed by atoms with Crippen LogP contribution in [-0.4, -0.2) is 56.4 Å². The van der Waals surface area contributed by atoms with Crippen molar-refractivity contribution in [3.8, 4) is 5.75 Å². The van der Waals surface area contributed by atoms with Crippen LogP contribution in [0.4, 0.5) is 0 Å². The van der Waals surface area contributed by atoms with E-state index in [4.69, 9.17) is 0 Å². The Balaban J connectivity index is 2.02. The molecule has 0 unspecified atom stereocenters. The molecular formula is C35H60N4O4S. The molecule has 44 heavy (non-hydrogen) atoms. The van der Waals surface area contributed by atoms with E-state index >= 15 is 0 Å². The molecule has 1 aliphatic rings. The topological polar surface area (TPSA) is 111 Å². The number of hydrogen-bond donors (Lipinski definition) is 4. The molecule has 1 fully saturated rings. The zero-order valence-electron chi connectivity index (χ0n) is 29.3. The largest absolute Gasteiger partial charge is 0.507 e. The van der Waals surface area contributed by atoms with Gasteiger partial charge in [-0.2, -0.15) is 11.8 Å². The van der Waals surface area contributed by atoms with Crippen LogP contribution in [0.15, 0.2) is 12.1 Å². The van der Waals surface area contributed by atoms with Gasteiger partial charge >= 0.3 is 11.8 Å². The molecule has 1 aromatic rings. The number of phenols is 1. The predicted molar refractivity (Wildman–Crippen MR) is 183 cm³/mol. The lowest BCUT2D eigenvalue weighted by Gasteiger charge is -2.55. The fraction of sp³-hybridized carbons (Fsp3) is 0.743. The zero-order valence-corrected chi connectivity index (χ0v) is 30.1. The molecule has 250 valence electrons. The van der Waals surface area contributed by atoms with Crippen molar-refractivity contribution in [2.75, 3.05) is 11.5 Å². The van der Waals surface area contributed by atoms with Gasteiger partial charge in [0.15, 0.2) is 0 Å². The normalized spacial score (nSPS) is 17.2. The molecule has 3 amide bonds. The molecule has 0 saturated carbocycles. The Morgan fingerprint density at radius 1 is 0.864 bits per heavy atom. The Hall–Kier alpha value is -2.26. The maximum atomic E-state index is 12.8. The van der Waals surface area contributed by atoms with Crippen LogP contribution in [0.1, 0.15) is 138 Å². The summed E-state index contributed by atoms with van der Waals surface area (Å²) in [7, 11) is 0. The maximum Gasteiger partial charge on any atom is 0.327 e. The fourth-order valence-electron chi connectivity index (χ4n) is 6.35. The monoisotopic (exact) mass is 632 g/mol. The van der Waals surface area contributed by atoms with E-state index in [-0.39, 0.29) is 40.3 Å². The van der Waals surface area contributed by atoms with E-state index in [0.717, 1.165) is 28.9 Å². The second kappa shape index (κ2) is 15.4. The molecule has 2 rings (SSSR count). The summed E-state index contributed by atoms with van der Waals surface area (Å²) in [6.45, 7) is 24.3. The Labute approximate surface area is 271 Å². The van der Waals surface area contributed by atoms with Crippen LogP contribution in [0.2, 0.25) is 0 Å². The van der Waals surface area contributed by atoms with Crippen molar-refractivity contribution < 1.29 is 19.5 Å². The second-order valence-corrected chi connectivity index (χ2v) is 17.0.